The fraction of sp³-hybridized carbons (Fsp3) is 0.200. The van der Waals surface area contributed by atoms with E-state index in [0.717, 1.165) is 29.5 Å². The van der Waals surface area contributed by atoms with Crippen LogP contribution in [0.3, 0.4) is 0 Å². The zero-order chi connectivity index (χ0) is 25.5. The zero-order valence-corrected chi connectivity index (χ0v) is 20.2. The smallest absolute Gasteiger partial charge is 0.307 e. The second-order valence-electron chi connectivity index (χ2n) is 8.86. The standard InChI is InChI=1S/C30H29FN2O3/c1-20(32)26-6-4-7-27(30(26)31)25-16-22(10-9-21-11-13-33-14-12-21)15-23(17-25)19-36-28-8-3-2-5-24(28)18-29(34)35/h2-8,11-17,20H,9-10,18-19,32H2,1H3,(H,34,35)/t20-/m0/s1. The van der Waals surface area contributed by atoms with E-state index in [9.17, 15) is 9.90 Å². The van der Waals surface area contributed by atoms with E-state index in [2.05, 4.69) is 11.1 Å². The maximum Gasteiger partial charge on any atom is 0.307 e. The normalized spacial score (nSPS) is 11.8. The van der Waals surface area contributed by atoms with Crippen molar-refractivity contribution in [1.82, 2.24) is 4.98 Å². The van der Waals surface area contributed by atoms with Crippen LogP contribution in [0.2, 0.25) is 0 Å². The molecular formula is C30H29FN2O3. The van der Waals surface area contributed by atoms with Crippen molar-refractivity contribution in [1.29, 1.82) is 0 Å². The molecule has 36 heavy (non-hydrogen) atoms. The highest BCUT2D eigenvalue weighted by molar-refractivity contribution is 5.71. The lowest BCUT2D eigenvalue weighted by Gasteiger charge is -2.15. The van der Waals surface area contributed by atoms with E-state index in [-0.39, 0.29) is 18.8 Å². The quantitative estimate of drug-likeness (QED) is 0.293. The number of carbonyl (C=O) groups is 1. The second kappa shape index (κ2) is 11.6. The summed E-state index contributed by atoms with van der Waals surface area (Å²) in [5, 5.41) is 9.21. The maximum atomic E-state index is 15.4. The van der Waals surface area contributed by atoms with Gasteiger partial charge in [-0.2, -0.15) is 0 Å². The molecule has 6 heteroatoms. The first-order valence-electron chi connectivity index (χ1n) is 11.9. The van der Waals surface area contributed by atoms with E-state index in [1.165, 1.54) is 5.56 Å². The van der Waals surface area contributed by atoms with Gasteiger partial charge in [0.15, 0.2) is 0 Å². The summed E-state index contributed by atoms with van der Waals surface area (Å²) in [5.41, 5.74) is 11.4. The number of hydrogen-bond acceptors (Lipinski definition) is 4. The molecule has 0 saturated heterocycles. The predicted octanol–water partition coefficient (Wildman–Crippen LogP) is 5.90. The van der Waals surface area contributed by atoms with E-state index >= 15 is 4.39 Å². The highest BCUT2D eigenvalue weighted by atomic mass is 19.1. The van der Waals surface area contributed by atoms with Gasteiger partial charge in [-0.05, 0) is 66.3 Å². The van der Waals surface area contributed by atoms with Crippen molar-refractivity contribution in [3.63, 3.8) is 0 Å². The van der Waals surface area contributed by atoms with Crippen molar-refractivity contribution in [3.05, 3.63) is 119 Å². The van der Waals surface area contributed by atoms with Crippen LogP contribution in [0.15, 0.2) is 85.2 Å². The molecule has 4 aromatic rings. The Balaban J connectivity index is 1.66. The van der Waals surface area contributed by atoms with Gasteiger partial charge in [0.25, 0.3) is 0 Å². The van der Waals surface area contributed by atoms with E-state index in [4.69, 9.17) is 10.5 Å². The minimum Gasteiger partial charge on any atom is -0.489 e. The average Bonchev–Trinajstić information content (AvgIpc) is 2.87. The molecule has 4 rings (SSSR count). The molecule has 5 nitrogen and oxygen atoms in total. The van der Waals surface area contributed by atoms with Crippen LogP contribution in [0.1, 0.15) is 40.8 Å². The SMILES string of the molecule is C[C@H](N)c1cccc(-c2cc(CCc3ccncc3)cc(COc3ccccc3CC(=O)O)c2)c1F. The monoisotopic (exact) mass is 484 g/mol. The summed E-state index contributed by atoms with van der Waals surface area (Å²) in [6, 6.07) is 21.9. The Kier molecular flexibility index (Phi) is 8.08. The Labute approximate surface area is 210 Å². The number of carboxylic acids is 1. The summed E-state index contributed by atoms with van der Waals surface area (Å²) in [5.74, 6) is -0.720. The summed E-state index contributed by atoms with van der Waals surface area (Å²) in [4.78, 5) is 15.3. The number of nitrogens with two attached hydrogens (primary N) is 1. The number of benzene rings is 3. The van der Waals surface area contributed by atoms with Gasteiger partial charge in [-0.1, -0.05) is 48.5 Å². The molecular weight excluding hydrogens is 455 g/mol. The minimum absolute atomic E-state index is 0.122. The number of pyridine rings is 1. The van der Waals surface area contributed by atoms with E-state index in [0.29, 0.717) is 22.4 Å². The number of aryl methyl sites for hydroxylation is 2. The van der Waals surface area contributed by atoms with Crippen molar-refractivity contribution in [3.8, 4) is 16.9 Å². The van der Waals surface area contributed by atoms with Crippen LogP contribution >= 0.6 is 0 Å². The third-order valence-corrected chi connectivity index (χ3v) is 6.04. The second-order valence-corrected chi connectivity index (χ2v) is 8.86. The van der Waals surface area contributed by atoms with E-state index in [1.54, 1.807) is 49.6 Å². The predicted molar refractivity (Wildman–Crippen MR) is 138 cm³/mol. The number of nitrogens with zero attached hydrogens (tertiary/aromatic N) is 1. The number of hydrogen-bond donors (Lipinski definition) is 2. The molecule has 0 aliphatic heterocycles. The highest BCUT2D eigenvalue weighted by Crippen LogP contribution is 2.30. The van der Waals surface area contributed by atoms with Gasteiger partial charge in [0.2, 0.25) is 0 Å². The number of carboxylic acid groups (broad SMARTS) is 1. The maximum absolute atomic E-state index is 15.4. The van der Waals surface area contributed by atoms with Crippen molar-refractivity contribution < 1.29 is 19.0 Å². The molecule has 0 amide bonds. The van der Waals surface area contributed by atoms with Gasteiger partial charge in [0, 0.05) is 35.1 Å². The van der Waals surface area contributed by atoms with Gasteiger partial charge in [-0.15, -0.1) is 0 Å². The fourth-order valence-corrected chi connectivity index (χ4v) is 4.22. The average molecular weight is 485 g/mol. The molecule has 0 radical (unpaired) electrons. The number of aromatic nitrogens is 1. The van der Waals surface area contributed by atoms with Crippen LogP contribution in [0.4, 0.5) is 4.39 Å². The van der Waals surface area contributed by atoms with Crippen molar-refractivity contribution in [2.24, 2.45) is 5.73 Å². The summed E-state index contributed by atoms with van der Waals surface area (Å²) < 4.78 is 21.4. The molecule has 1 aromatic heterocycles. The molecule has 1 heterocycles. The summed E-state index contributed by atoms with van der Waals surface area (Å²) in [6.07, 6.45) is 5.00. The van der Waals surface area contributed by atoms with Crippen LogP contribution in [-0.4, -0.2) is 16.1 Å². The molecule has 0 saturated carbocycles. The number of ether oxygens (including phenoxy) is 1. The lowest BCUT2D eigenvalue weighted by molar-refractivity contribution is -0.136. The van der Waals surface area contributed by atoms with Crippen molar-refractivity contribution in [2.45, 2.75) is 38.8 Å². The Bertz CT molecular complexity index is 1340. The zero-order valence-electron chi connectivity index (χ0n) is 20.2. The van der Waals surface area contributed by atoms with Crippen LogP contribution in [-0.2, 0) is 30.7 Å². The molecule has 0 spiro atoms. The van der Waals surface area contributed by atoms with Gasteiger partial charge in [-0.25, -0.2) is 4.39 Å². The Hall–Kier alpha value is -4.03. The lowest BCUT2D eigenvalue weighted by Crippen LogP contribution is -2.08. The molecule has 3 aromatic carbocycles. The van der Waals surface area contributed by atoms with E-state index < -0.39 is 12.0 Å². The minimum atomic E-state index is -0.920. The molecule has 0 aliphatic carbocycles. The number of halogens is 1. The first-order chi connectivity index (χ1) is 17.4. The van der Waals surface area contributed by atoms with Gasteiger partial charge in [-0.3, -0.25) is 9.78 Å². The Morgan fingerprint density at radius 3 is 2.44 bits per heavy atom. The van der Waals surface area contributed by atoms with Crippen LogP contribution in [0.5, 0.6) is 5.75 Å². The number of rotatable bonds is 10. The molecule has 184 valence electrons. The Morgan fingerprint density at radius 1 is 0.972 bits per heavy atom. The van der Waals surface area contributed by atoms with E-state index in [1.807, 2.05) is 36.4 Å². The topological polar surface area (TPSA) is 85.4 Å². The van der Waals surface area contributed by atoms with Crippen LogP contribution in [0.25, 0.3) is 11.1 Å². The molecule has 3 N–H and O–H groups in total. The van der Waals surface area contributed by atoms with Gasteiger partial charge in [0.1, 0.15) is 18.2 Å². The van der Waals surface area contributed by atoms with Crippen molar-refractivity contribution in [2.75, 3.05) is 0 Å². The Morgan fingerprint density at radius 2 is 1.69 bits per heavy atom. The number of para-hydroxylation sites is 1. The van der Waals surface area contributed by atoms with Crippen LogP contribution < -0.4 is 10.5 Å². The van der Waals surface area contributed by atoms with Crippen LogP contribution in [0, 0.1) is 5.82 Å². The first-order valence-corrected chi connectivity index (χ1v) is 11.9. The first kappa shape index (κ1) is 25.1. The van der Waals surface area contributed by atoms with Gasteiger partial charge < -0.3 is 15.6 Å². The molecule has 0 aliphatic rings. The van der Waals surface area contributed by atoms with Crippen molar-refractivity contribution >= 4 is 5.97 Å². The van der Waals surface area contributed by atoms with Gasteiger partial charge >= 0.3 is 5.97 Å². The molecule has 0 unspecified atom stereocenters. The largest absolute Gasteiger partial charge is 0.489 e. The van der Waals surface area contributed by atoms with Gasteiger partial charge in [0.05, 0.1) is 6.42 Å². The number of aliphatic carboxylic acids is 1. The summed E-state index contributed by atoms with van der Waals surface area (Å²) in [6.45, 7) is 1.99. The summed E-state index contributed by atoms with van der Waals surface area (Å²) >= 11 is 0. The molecule has 0 bridgehead atoms. The molecule has 0 fully saturated rings. The fourth-order valence-electron chi connectivity index (χ4n) is 4.22. The summed E-state index contributed by atoms with van der Waals surface area (Å²) in [7, 11) is 0. The highest BCUT2D eigenvalue weighted by Gasteiger charge is 2.15. The molecule has 1 atom stereocenters. The lowest BCUT2D eigenvalue weighted by atomic mass is 9.94. The third kappa shape index (κ3) is 6.34. The third-order valence-electron chi connectivity index (χ3n) is 6.04.